The summed E-state index contributed by atoms with van der Waals surface area (Å²) in [5.74, 6) is 2.27. The molecule has 132 valence electrons. The molecule has 0 unspecified atom stereocenters. The molecule has 0 saturated heterocycles. The number of carbonyl (C=O) groups is 1. The molecule has 6 nitrogen and oxygen atoms in total. The Kier molecular flexibility index (Phi) is 5.09. The van der Waals surface area contributed by atoms with Crippen molar-refractivity contribution in [2.45, 2.75) is 18.9 Å². The number of hydrogen-bond donors (Lipinski definition) is 1. The molecule has 2 aromatic carbocycles. The average Bonchev–Trinajstić information content (AvgIpc) is 3.09. The molecule has 6 heteroatoms. The van der Waals surface area contributed by atoms with E-state index in [0.29, 0.717) is 35.0 Å². The van der Waals surface area contributed by atoms with Crippen molar-refractivity contribution < 1.29 is 28.8 Å². The second kappa shape index (κ2) is 7.44. The molecular weight excluding hydrogens is 324 g/mol. The highest BCUT2D eigenvalue weighted by atomic mass is 16.7. The molecule has 25 heavy (non-hydrogen) atoms. The Hall–Kier alpha value is -2.73. The fraction of sp³-hybridized carbons (Fsp3) is 0.316. The molecule has 0 bridgehead atoms. The van der Waals surface area contributed by atoms with Gasteiger partial charge in [-0.1, -0.05) is 0 Å². The second-order valence-corrected chi connectivity index (χ2v) is 5.75. The third-order valence-electron chi connectivity index (χ3n) is 4.02. The predicted molar refractivity (Wildman–Crippen MR) is 90.8 cm³/mol. The van der Waals surface area contributed by atoms with Crippen molar-refractivity contribution in [3.63, 3.8) is 0 Å². The van der Waals surface area contributed by atoms with Crippen molar-refractivity contribution in [3.05, 3.63) is 47.5 Å². The van der Waals surface area contributed by atoms with E-state index in [-0.39, 0.29) is 19.0 Å². The molecule has 3 rings (SSSR count). The Labute approximate surface area is 145 Å². The lowest BCUT2D eigenvalue weighted by Crippen LogP contribution is -2.16. The minimum absolute atomic E-state index is 0.0308. The van der Waals surface area contributed by atoms with E-state index in [0.717, 1.165) is 5.56 Å². The van der Waals surface area contributed by atoms with Gasteiger partial charge in [-0.2, -0.15) is 0 Å². The number of ketones is 1. The molecule has 1 aliphatic rings. The van der Waals surface area contributed by atoms with E-state index in [2.05, 4.69) is 0 Å². The van der Waals surface area contributed by atoms with Crippen LogP contribution in [-0.4, -0.2) is 38.0 Å². The van der Waals surface area contributed by atoms with Crippen LogP contribution in [0.4, 0.5) is 0 Å². The quantitative estimate of drug-likeness (QED) is 0.778. The molecule has 2 aromatic rings. The SMILES string of the molecule is COc1ccc(C(=O)C[C@H](O)Cc2cc(OC)c3c(c2)OCO3)cc1. The van der Waals surface area contributed by atoms with Crippen LogP contribution in [0.1, 0.15) is 22.3 Å². The van der Waals surface area contributed by atoms with E-state index in [9.17, 15) is 9.90 Å². The lowest BCUT2D eigenvalue weighted by atomic mass is 9.99. The summed E-state index contributed by atoms with van der Waals surface area (Å²) in [7, 11) is 3.12. The first kappa shape index (κ1) is 17.1. The van der Waals surface area contributed by atoms with Gasteiger partial charge in [-0.15, -0.1) is 0 Å². The molecule has 0 aliphatic carbocycles. The van der Waals surface area contributed by atoms with Crippen molar-refractivity contribution in [1.82, 2.24) is 0 Å². The molecule has 0 spiro atoms. The Morgan fingerprint density at radius 3 is 2.60 bits per heavy atom. The maximum absolute atomic E-state index is 12.3. The largest absolute Gasteiger partial charge is 0.497 e. The highest BCUT2D eigenvalue weighted by molar-refractivity contribution is 5.96. The zero-order chi connectivity index (χ0) is 17.8. The number of Topliss-reactive ketones (excluding diaryl/α,β-unsaturated/α-hetero) is 1. The maximum Gasteiger partial charge on any atom is 0.231 e. The maximum atomic E-state index is 12.3. The molecule has 0 amide bonds. The third kappa shape index (κ3) is 3.85. The summed E-state index contributed by atoms with van der Waals surface area (Å²) in [6.45, 7) is 0.146. The molecule has 0 fully saturated rings. The average molecular weight is 344 g/mol. The standard InChI is InChI=1S/C19H20O6/c1-22-15-5-3-13(4-6-15)16(21)10-14(20)7-12-8-17(23-2)19-18(9-12)24-11-25-19/h3-6,8-9,14,20H,7,10-11H2,1-2H3/t14-/m1/s1. The molecule has 1 atom stereocenters. The van der Waals surface area contributed by atoms with Gasteiger partial charge in [0.05, 0.1) is 20.3 Å². The van der Waals surface area contributed by atoms with Gasteiger partial charge in [0.1, 0.15) is 5.75 Å². The van der Waals surface area contributed by atoms with Gasteiger partial charge in [0.15, 0.2) is 17.3 Å². The fourth-order valence-electron chi connectivity index (χ4n) is 2.75. The summed E-state index contributed by atoms with van der Waals surface area (Å²) in [4.78, 5) is 12.3. The number of fused-ring (bicyclic) bond motifs is 1. The van der Waals surface area contributed by atoms with Crippen LogP contribution in [0.5, 0.6) is 23.0 Å². The molecule has 1 heterocycles. The minimum Gasteiger partial charge on any atom is -0.497 e. The lowest BCUT2D eigenvalue weighted by molar-refractivity contribution is 0.0881. The first-order valence-corrected chi connectivity index (χ1v) is 7.92. The summed E-state index contributed by atoms with van der Waals surface area (Å²) < 4.78 is 21.1. The van der Waals surface area contributed by atoms with E-state index in [1.54, 1.807) is 50.6 Å². The van der Waals surface area contributed by atoms with Crippen molar-refractivity contribution in [1.29, 1.82) is 0 Å². The fourth-order valence-corrected chi connectivity index (χ4v) is 2.75. The van der Waals surface area contributed by atoms with E-state index < -0.39 is 6.10 Å². The van der Waals surface area contributed by atoms with Gasteiger partial charge in [0.2, 0.25) is 12.5 Å². The van der Waals surface area contributed by atoms with E-state index in [4.69, 9.17) is 18.9 Å². The van der Waals surface area contributed by atoms with Crippen LogP contribution in [0.25, 0.3) is 0 Å². The van der Waals surface area contributed by atoms with Gasteiger partial charge in [0, 0.05) is 12.0 Å². The number of methoxy groups -OCH3 is 2. The van der Waals surface area contributed by atoms with Gasteiger partial charge in [-0.3, -0.25) is 4.79 Å². The number of aliphatic hydroxyl groups excluding tert-OH is 1. The van der Waals surface area contributed by atoms with Crippen molar-refractivity contribution in [3.8, 4) is 23.0 Å². The highest BCUT2D eigenvalue weighted by Crippen LogP contribution is 2.42. The molecule has 1 N–H and O–H groups in total. The Balaban J connectivity index is 1.66. The number of benzene rings is 2. The van der Waals surface area contributed by atoms with Crippen LogP contribution in [0.15, 0.2) is 36.4 Å². The normalized spacial score (nSPS) is 13.4. The second-order valence-electron chi connectivity index (χ2n) is 5.75. The van der Waals surface area contributed by atoms with Gasteiger partial charge in [-0.05, 0) is 48.4 Å². The summed E-state index contributed by atoms with van der Waals surface area (Å²) in [6, 6.07) is 10.4. The van der Waals surface area contributed by atoms with E-state index >= 15 is 0 Å². The molecule has 0 saturated carbocycles. The van der Waals surface area contributed by atoms with Crippen molar-refractivity contribution in [2.24, 2.45) is 0 Å². The third-order valence-corrected chi connectivity index (χ3v) is 4.02. The lowest BCUT2D eigenvalue weighted by Gasteiger charge is -2.12. The van der Waals surface area contributed by atoms with E-state index in [1.807, 2.05) is 0 Å². The minimum atomic E-state index is -0.806. The molecule has 1 aliphatic heterocycles. The van der Waals surface area contributed by atoms with Gasteiger partial charge in [-0.25, -0.2) is 0 Å². The van der Waals surface area contributed by atoms with E-state index in [1.165, 1.54) is 0 Å². The zero-order valence-corrected chi connectivity index (χ0v) is 14.2. The highest BCUT2D eigenvalue weighted by Gasteiger charge is 2.21. The number of rotatable bonds is 7. The Morgan fingerprint density at radius 1 is 1.16 bits per heavy atom. The summed E-state index contributed by atoms with van der Waals surface area (Å²) in [5.41, 5.74) is 1.36. The number of ether oxygens (including phenoxy) is 4. The van der Waals surface area contributed by atoms with Crippen LogP contribution in [0.3, 0.4) is 0 Å². The summed E-state index contributed by atoms with van der Waals surface area (Å²) in [6.07, 6.45) is -0.461. The van der Waals surface area contributed by atoms with Crippen LogP contribution in [0.2, 0.25) is 0 Å². The smallest absolute Gasteiger partial charge is 0.231 e. The monoisotopic (exact) mass is 344 g/mol. The first-order valence-electron chi connectivity index (χ1n) is 7.92. The number of hydrogen-bond acceptors (Lipinski definition) is 6. The van der Waals surface area contributed by atoms with Gasteiger partial charge < -0.3 is 24.1 Å². The van der Waals surface area contributed by atoms with Gasteiger partial charge >= 0.3 is 0 Å². The van der Waals surface area contributed by atoms with Crippen molar-refractivity contribution in [2.75, 3.05) is 21.0 Å². The summed E-state index contributed by atoms with van der Waals surface area (Å²) in [5, 5.41) is 10.3. The predicted octanol–water partition coefficient (Wildman–Crippen LogP) is 2.61. The Morgan fingerprint density at radius 2 is 1.92 bits per heavy atom. The topological polar surface area (TPSA) is 74.2 Å². The van der Waals surface area contributed by atoms with Gasteiger partial charge in [0.25, 0.3) is 0 Å². The summed E-state index contributed by atoms with van der Waals surface area (Å²) >= 11 is 0. The van der Waals surface area contributed by atoms with Crippen LogP contribution in [0, 0.1) is 0 Å². The number of aliphatic hydroxyl groups is 1. The molecule has 0 radical (unpaired) electrons. The molecule has 0 aromatic heterocycles. The zero-order valence-electron chi connectivity index (χ0n) is 14.2. The van der Waals surface area contributed by atoms with Crippen LogP contribution < -0.4 is 18.9 Å². The number of carbonyl (C=O) groups excluding carboxylic acids is 1. The van der Waals surface area contributed by atoms with Crippen LogP contribution >= 0.6 is 0 Å². The Bertz CT molecular complexity index is 753. The first-order chi connectivity index (χ1) is 12.1. The van der Waals surface area contributed by atoms with Crippen molar-refractivity contribution >= 4 is 5.78 Å². The molecular formula is C19H20O6. The van der Waals surface area contributed by atoms with Crippen LogP contribution in [-0.2, 0) is 6.42 Å².